The number of aromatic amines is 2. The standard InChI is InChI=1S/C23H26N6O3/c1-12-13(2)24-17-6-5-15(11-16(12)17)21(30)29-9-7-14(8-10-29)19-25-18-20(26-19)27(3)23(32)28(4)22(18)31/h5-6,11,14,24H,7-10H2,1-4H3,(H,25,26). The highest BCUT2D eigenvalue weighted by Crippen LogP contribution is 2.29. The zero-order chi connectivity index (χ0) is 22.7. The largest absolute Gasteiger partial charge is 0.358 e. The Morgan fingerprint density at radius 1 is 1.06 bits per heavy atom. The van der Waals surface area contributed by atoms with Gasteiger partial charge in [-0.05, 0) is 50.5 Å². The van der Waals surface area contributed by atoms with Crippen LogP contribution in [0.5, 0.6) is 0 Å². The Morgan fingerprint density at radius 2 is 1.78 bits per heavy atom. The fraction of sp³-hybridized carbons (Fsp3) is 0.391. The number of fused-ring (bicyclic) bond motifs is 2. The Morgan fingerprint density at radius 3 is 2.50 bits per heavy atom. The molecule has 1 aliphatic rings. The van der Waals surface area contributed by atoms with E-state index >= 15 is 0 Å². The van der Waals surface area contributed by atoms with E-state index in [4.69, 9.17) is 0 Å². The summed E-state index contributed by atoms with van der Waals surface area (Å²) in [5.74, 6) is 0.832. The van der Waals surface area contributed by atoms with Crippen molar-refractivity contribution in [1.29, 1.82) is 0 Å². The number of hydrogen-bond donors (Lipinski definition) is 2. The quantitative estimate of drug-likeness (QED) is 0.503. The topological polar surface area (TPSA) is 109 Å². The molecular weight excluding hydrogens is 408 g/mol. The summed E-state index contributed by atoms with van der Waals surface area (Å²) >= 11 is 0. The molecule has 9 nitrogen and oxygen atoms in total. The Balaban J connectivity index is 1.36. The molecule has 0 bridgehead atoms. The predicted octanol–water partition coefficient (Wildman–Crippen LogP) is 2.08. The van der Waals surface area contributed by atoms with E-state index < -0.39 is 5.69 Å². The Bertz CT molecular complexity index is 1490. The van der Waals surface area contributed by atoms with Crippen molar-refractivity contribution in [3.05, 3.63) is 61.7 Å². The number of imidazole rings is 1. The van der Waals surface area contributed by atoms with Crippen LogP contribution in [0.15, 0.2) is 27.8 Å². The van der Waals surface area contributed by atoms with Crippen molar-refractivity contribution in [2.24, 2.45) is 14.1 Å². The smallest absolute Gasteiger partial charge is 0.332 e. The summed E-state index contributed by atoms with van der Waals surface area (Å²) in [5, 5.41) is 1.08. The molecule has 4 heterocycles. The minimum atomic E-state index is -0.397. The molecule has 1 amide bonds. The molecular formula is C23H26N6O3. The van der Waals surface area contributed by atoms with Gasteiger partial charge in [0, 0.05) is 55.3 Å². The average molecular weight is 435 g/mol. The van der Waals surface area contributed by atoms with Gasteiger partial charge in [-0.1, -0.05) is 0 Å². The van der Waals surface area contributed by atoms with Crippen LogP contribution in [0, 0.1) is 13.8 Å². The monoisotopic (exact) mass is 434 g/mol. The number of nitrogens with zero attached hydrogens (tertiary/aromatic N) is 4. The second-order valence-corrected chi connectivity index (χ2v) is 8.73. The highest BCUT2D eigenvalue weighted by Gasteiger charge is 2.27. The number of likely N-dealkylation sites (tertiary alicyclic amines) is 1. The molecule has 1 aromatic carbocycles. The number of aryl methyl sites for hydroxylation is 3. The minimum absolute atomic E-state index is 0.0319. The molecule has 0 atom stereocenters. The van der Waals surface area contributed by atoms with E-state index in [1.54, 1.807) is 7.05 Å². The van der Waals surface area contributed by atoms with Gasteiger partial charge in [0.1, 0.15) is 11.3 Å². The second-order valence-electron chi connectivity index (χ2n) is 8.73. The fourth-order valence-corrected chi connectivity index (χ4v) is 4.67. The number of aromatic nitrogens is 5. The lowest BCUT2D eigenvalue weighted by Crippen LogP contribution is -2.38. The molecule has 0 unspecified atom stereocenters. The van der Waals surface area contributed by atoms with Crippen LogP contribution in [0.3, 0.4) is 0 Å². The molecule has 3 aromatic heterocycles. The van der Waals surface area contributed by atoms with Crippen molar-refractivity contribution in [2.45, 2.75) is 32.6 Å². The molecule has 0 spiro atoms. The van der Waals surface area contributed by atoms with Crippen LogP contribution in [-0.2, 0) is 14.1 Å². The van der Waals surface area contributed by atoms with Crippen LogP contribution < -0.4 is 11.2 Å². The first-order valence-corrected chi connectivity index (χ1v) is 10.8. The number of nitrogens with one attached hydrogen (secondary N) is 2. The van der Waals surface area contributed by atoms with E-state index in [9.17, 15) is 14.4 Å². The van der Waals surface area contributed by atoms with E-state index in [2.05, 4.69) is 21.9 Å². The first-order valence-electron chi connectivity index (χ1n) is 10.8. The second kappa shape index (κ2) is 7.22. The molecule has 1 saturated heterocycles. The molecule has 32 heavy (non-hydrogen) atoms. The number of rotatable bonds is 2. The lowest BCUT2D eigenvalue weighted by Gasteiger charge is -2.31. The summed E-state index contributed by atoms with van der Waals surface area (Å²) in [4.78, 5) is 50.6. The fourth-order valence-electron chi connectivity index (χ4n) is 4.67. The minimum Gasteiger partial charge on any atom is -0.358 e. The molecule has 5 rings (SSSR count). The third-order valence-electron chi connectivity index (χ3n) is 6.84. The molecule has 1 fully saturated rings. The van der Waals surface area contributed by atoms with E-state index in [0.29, 0.717) is 35.6 Å². The highest BCUT2D eigenvalue weighted by atomic mass is 16.2. The first kappa shape index (κ1) is 20.3. The van der Waals surface area contributed by atoms with Crippen molar-refractivity contribution in [2.75, 3.05) is 13.1 Å². The molecule has 4 aromatic rings. The zero-order valence-corrected chi connectivity index (χ0v) is 18.7. The van der Waals surface area contributed by atoms with Crippen LogP contribution in [0.2, 0.25) is 0 Å². The van der Waals surface area contributed by atoms with Gasteiger partial charge in [0.2, 0.25) is 0 Å². The van der Waals surface area contributed by atoms with Gasteiger partial charge < -0.3 is 14.9 Å². The van der Waals surface area contributed by atoms with Crippen LogP contribution in [0.25, 0.3) is 22.1 Å². The number of carbonyl (C=O) groups excluding carboxylic acids is 1. The van der Waals surface area contributed by atoms with E-state index in [1.165, 1.54) is 17.2 Å². The van der Waals surface area contributed by atoms with Gasteiger partial charge in [-0.15, -0.1) is 0 Å². The van der Waals surface area contributed by atoms with Gasteiger partial charge in [0.25, 0.3) is 11.5 Å². The van der Waals surface area contributed by atoms with Gasteiger partial charge >= 0.3 is 5.69 Å². The van der Waals surface area contributed by atoms with Crippen molar-refractivity contribution in [1.82, 2.24) is 29.0 Å². The summed E-state index contributed by atoms with van der Waals surface area (Å²) in [6.07, 6.45) is 1.48. The Labute approximate surface area is 183 Å². The van der Waals surface area contributed by atoms with Crippen molar-refractivity contribution in [3.63, 3.8) is 0 Å². The molecule has 9 heteroatoms. The molecule has 0 radical (unpaired) electrons. The van der Waals surface area contributed by atoms with Crippen molar-refractivity contribution in [3.8, 4) is 0 Å². The molecule has 0 saturated carbocycles. The summed E-state index contributed by atoms with van der Waals surface area (Å²) in [6.45, 7) is 5.32. The van der Waals surface area contributed by atoms with E-state index in [-0.39, 0.29) is 17.4 Å². The number of amides is 1. The molecule has 1 aliphatic heterocycles. The van der Waals surface area contributed by atoms with Crippen LogP contribution in [0.4, 0.5) is 0 Å². The van der Waals surface area contributed by atoms with Crippen LogP contribution in [-0.4, -0.2) is 48.0 Å². The Hall–Kier alpha value is -3.62. The number of benzene rings is 1. The van der Waals surface area contributed by atoms with Crippen molar-refractivity contribution < 1.29 is 4.79 Å². The summed E-state index contributed by atoms with van der Waals surface area (Å²) in [6, 6.07) is 5.81. The highest BCUT2D eigenvalue weighted by molar-refractivity contribution is 5.99. The SMILES string of the molecule is Cc1[nH]c2ccc(C(=O)N3CCC(c4nc5c([nH]4)c(=O)n(C)c(=O)n5C)CC3)cc2c1C. The van der Waals surface area contributed by atoms with E-state index in [1.807, 2.05) is 30.0 Å². The normalized spacial score (nSPS) is 15.2. The number of piperidine rings is 1. The van der Waals surface area contributed by atoms with Gasteiger partial charge in [0.15, 0.2) is 5.65 Å². The van der Waals surface area contributed by atoms with Crippen molar-refractivity contribution >= 4 is 28.0 Å². The lowest BCUT2D eigenvalue weighted by molar-refractivity contribution is 0.0711. The number of carbonyl (C=O) groups is 1. The number of H-pyrrole nitrogens is 2. The first-order chi connectivity index (χ1) is 15.3. The van der Waals surface area contributed by atoms with Gasteiger partial charge in [0.05, 0.1) is 0 Å². The summed E-state index contributed by atoms with van der Waals surface area (Å²) in [5.41, 5.74) is 3.96. The van der Waals surface area contributed by atoms with Gasteiger partial charge in [-0.3, -0.25) is 18.7 Å². The maximum absolute atomic E-state index is 13.1. The molecule has 166 valence electrons. The third-order valence-corrected chi connectivity index (χ3v) is 6.84. The third kappa shape index (κ3) is 2.99. The lowest BCUT2D eigenvalue weighted by atomic mass is 9.95. The zero-order valence-electron chi connectivity index (χ0n) is 18.7. The summed E-state index contributed by atoms with van der Waals surface area (Å²) < 4.78 is 2.46. The number of hydrogen-bond acceptors (Lipinski definition) is 4. The molecule has 2 N–H and O–H groups in total. The maximum Gasteiger partial charge on any atom is 0.332 e. The molecule has 0 aliphatic carbocycles. The van der Waals surface area contributed by atoms with Gasteiger partial charge in [-0.25, -0.2) is 9.78 Å². The van der Waals surface area contributed by atoms with Crippen LogP contribution in [0.1, 0.15) is 46.2 Å². The predicted molar refractivity (Wildman–Crippen MR) is 122 cm³/mol. The van der Waals surface area contributed by atoms with Gasteiger partial charge in [-0.2, -0.15) is 0 Å². The van der Waals surface area contributed by atoms with E-state index in [0.717, 1.165) is 34.0 Å². The Kier molecular flexibility index (Phi) is 4.58. The van der Waals surface area contributed by atoms with Crippen LogP contribution >= 0.6 is 0 Å². The average Bonchev–Trinajstić information content (AvgIpc) is 3.37. The summed E-state index contributed by atoms with van der Waals surface area (Å²) in [7, 11) is 3.07. The maximum atomic E-state index is 13.1.